The molecular weight excluding hydrogens is 228 g/mol. The molecule has 0 radical (unpaired) electrons. The first-order valence-electron chi connectivity index (χ1n) is 6.55. The van der Waals surface area contributed by atoms with E-state index >= 15 is 0 Å². The molecule has 2 rings (SSSR count). The summed E-state index contributed by atoms with van der Waals surface area (Å²) in [5.74, 6) is -0.922. The van der Waals surface area contributed by atoms with Crippen molar-refractivity contribution in [3.05, 3.63) is 29.6 Å². The van der Waals surface area contributed by atoms with Gasteiger partial charge in [0.1, 0.15) is 0 Å². The maximum absolute atomic E-state index is 10.7. The monoisotopic (exact) mass is 248 g/mol. The van der Waals surface area contributed by atoms with E-state index in [4.69, 9.17) is 5.11 Å². The summed E-state index contributed by atoms with van der Waals surface area (Å²) in [4.78, 5) is 17.3. The van der Waals surface area contributed by atoms with Gasteiger partial charge in [-0.05, 0) is 32.0 Å². The van der Waals surface area contributed by atoms with Crippen LogP contribution < -0.4 is 0 Å². The number of hydrogen-bond acceptors (Lipinski definition) is 3. The Morgan fingerprint density at radius 2 is 2.11 bits per heavy atom. The van der Waals surface area contributed by atoms with E-state index in [1.54, 1.807) is 6.07 Å². The molecule has 18 heavy (non-hydrogen) atoms. The molecular formula is C14H20N2O2. The zero-order chi connectivity index (χ0) is 13.0. The number of aromatic nitrogens is 1. The maximum atomic E-state index is 10.7. The van der Waals surface area contributed by atoms with Gasteiger partial charge in [-0.3, -0.25) is 9.88 Å². The van der Waals surface area contributed by atoms with Gasteiger partial charge in [0.2, 0.25) is 0 Å². The van der Waals surface area contributed by atoms with Crippen LogP contribution in [0.3, 0.4) is 0 Å². The van der Waals surface area contributed by atoms with Crippen LogP contribution in [0.5, 0.6) is 0 Å². The van der Waals surface area contributed by atoms with Crippen LogP contribution in [0.2, 0.25) is 0 Å². The first-order chi connectivity index (χ1) is 8.66. The first-order valence-corrected chi connectivity index (χ1v) is 6.55. The molecule has 98 valence electrons. The second-order valence-corrected chi connectivity index (χ2v) is 5.05. The Kier molecular flexibility index (Phi) is 4.31. The van der Waals surface area contributed by atoms with E-state index in [-0.39, 0.29) is 5.56 Å². The lowest BCUT2D eigenvalue weighted by atomic mass is 9.94. The number of nitrogens with zero attached hydrogens (tertiary/aromatic N) is 2. The van der Waals surface area contributed by atoms with Gasteiger partial charge in [-0.1, -0.05) is 19.3 Å². The van der Waals surface area contributed by atoms with Crippen LogP contribution in [0.15, 0.2) is 18.3 Å². The van der Waals surface area contributed by atoms with E-state index in [2.05, 4.69) is 16.9 Å². The fraction of sp³-hybridized carbons (Fsp3) is 0.571. The minimum absolute atomic E-state index is 0.249. The van der Waals surface area contributed by atoms with Crippen LogP contribution in [-0.4, -0.2) is 34.0 Å². The highest BCUT2D eigenvalue weighted by molar-refractivity contribution is 5.87. The first kappa shape index (κ1) is 13.0. The Hall–Kier alpha value is -1.42. The highest BCUT2D eigenvalue weighted by Gasteiger charge is 2.18. The van der Waals surface area contributed by atoms with Gasteiger partial charge in [-0.2, -0.15) is 0 Å². The number of pyridine rings is 1. The summed E-state index contributed by atoms with van der Waals surface area (Å²) in [5, 5.41) is 8.81. The molecule has 1 saturated carbocycles. The average molecular weight is 248 g/mol. The minimum Gasteiger partial charge on any atom is -0.478 e. The lowest BCUT2D eigenvalue weighted by Gasteiger charge is -2.30. The average Bonchev–Trinajstić information content (AvgIpc) is 2.40. The third-order valence-electron chi connectivity index (χ3n) is 3.68. The molecule has 4 nitrogen and oxygen atoms in total. The minimum atomic E-state index is -0.922. The van der Waals surface area contributed by atoms with E-state index in [0.29, 0.717) is 6.04 Å². The molecule has 1 aliphatic carbocycles. The number of carboxylic acid groups (broad SMARTS) is 1. The van der Waals surface area contributed by atoms with E-state index in [1.165, 1.54) is 38.3 Å². The lowest BCUT2D eigenvalue weighted by Crippen LogP contribution is -2.33. The third kappa shape index (κ3) is 3.29. The van der Waals surface area contributed by atoms with Crippen LogP contribution in [0, 0.1) is 0 Å². The fourth-order valence-corrected chi connectivity index (χ4v) is 2.55. The summed E-state index contributed by atoms with van der Waals surface area (Å²) in [7, 11) is 2.13. The standard InChI is InChI=1S/C14H20N2O2/c1-16(13-5-3-2-4-6-13)10-12-8-7-11(9-15-12)14(17)18/h7-9,13H,2-6,10H2,1H3,(H,17,18). The number of hydrogen-bond donors (Lipinski definition) is 1. The van der Waals surface area contributed by atoms with Crippen LogP contribution in [0.25, 0.3) is 0 Å². The van der Waals surface area contributed by atoms with Crippen molar-refractivity contribution < 1.29 is 9.90 Å². The van der Waals surface area contributed by atoms with Crippen LogP contribution in [0.1, 0.15) is 48.2 Å². The second kappa shape index (κ2) is 5.96. The highest BCUT2D eigenvalue weighted by Crippen LogP contribution is 2.22. The van der Waals surface area contributed by atoms with Crippen molar-refractivity contribution in [1.29, 1.82) is 0 Å². The topological polar surface area (TPSA) is 53.4 Å². The molecule has 1 aliphatic rings. The van der Waals surface area contributed by atoms with Gasteiger partial charge in [-0.25, -0.2) is 4.79 Å². The summed E-state index contributed by atoms with van der Waals surface area (Å²) in [6, 6.07) is 4.09. The molecule has 0 spiro atoms. The molecule has 0 saturated heterocycles. The van der Waals surface area contributed by atoms with Crippen molar-refractivity contribution in [3.63, 3.8) is 0 Å². The smallest absolute Gasteiger partial charge is 0.337 e. The van der Waals surface area contributed by atoms with E-state index in [9.17, 15) is 4.79 Å². The van der Waals surface area contributed by atoms with Gasteiger partial charge in [0.25, 0.3) is 0 Å². The van der Waals surface area contributed by atoms with Crippen LogP contribution >= 0.6 is 0 Å². The number of carboxylic acids is 1. The van der Waals surface area contributed by atoms with Gasteiger partial charge >= 0.3 is 5.97 Å². The molecule has 0 aromatic carbocycles. The Labute approximate surface area is 108 Å². The number of rotatable bonds is 4. The predicted molar refractivity (Wildman–Crippen MR) is 69.5 cm³/mol. The summed E-state index contributed by atoms with van der Waals surface area (Å²) >= 11 is 0. The molecule has 1 heterocycles. The Morgan fingerprint density at radius 1 is 1.39 bits per heavy atom. The molecule has 0 aliphatic heterocycles. The Morgan fingerprint density at radius 3 is 2.67 bits per heavy atom. The summed E-state index contributed by atoms with van der Waals surface area (Å²) in [5.41, 5.74) is 1.19. The Bertz CT molecular complexity index is 397. The van der Waals surface area contributed by atoms with E-state index in [0.717, 1.165) is 12.2 Å². The largest absolute Gasteiger partial charge is 0.478 e. The third-order valence-corrected chi connectivity index (χ3v) is 3.68. The molecule has 0 bridgehead atoms. The van der Waals surface area contributed by atoms with E-state index < -0.39 is 5.97 Å². The van der Waals surface area contributed by atoms with Gasteiger partial charge in [0.15, 0.2) is 0 Å². The quantitative estimate of drug-likeness (QED) is 0.889. The number of carbonyl (C=O) groups is 1. The molecule has 1 aromatic rings. The number of aromatic carboxylic acids is 1. The molecule has 0 unspecified atom stereocenters. The normalized spacial score (nSPS) is 17.0. The van der Waals surface area contributed by atoms with Crippen molar-refractivity contribution in [1.82, 2.24) is 9.88 Å². The predicted octanol–water partition coefficient (Wildman–Crippen LogP) is 2.54. The van der Waals surface area contributed by atoms with Gasteiger partial charge in [0, 0.05) is 18.8 Å². The molecule has 4 heteroatoms. The van der Waals surface area contributed by atoms with Crippen LogP contribution in [0.4, 0.5) is 0 Å². The van der Waals surface area contributed by atoms with Crippen molar-refractivity contribution >= 4 is 5.97 Å². The van der Waals surface area contributed by atoms with Crippen molar-refractivity contribution in [2.24, 2.45) is 0 Å². The molecule has 1 N–H and O–H groups in total. The molecule has 0 atom stereocenters. The fourth-order valence-electron chi connectivity index (χ4n) is 2.55. The highest BCUT2D eigenvalue weighted by atomic mass is 16.4. The Balaban J connectivity index is 1.93. The molecule has 0 amide bonds. The van der Waals surface area contributed by atoms with Crippen LogP contribution in [-0.2, 0) is 6.54 Å². The summed E-state index contributed by atoms with van der Waals surface area (Å²) in [6.07, 6.45) is 7.97. The molecule has 1 fully saturated rings. The second-order valence-electron chi connectivity index (χ2n) is 5.05. The lowest BCUT2D eigenvalue weighted by molar-refractivity contribution is 0.0696. The zero-order valence-electron chi connectivity index (χ0n) is 10.8. The summed E-state index contributed by atoms with van der Waals surface area (Å²) in [6.45, 7) is 0.796. The maximum Gasteiger partial charge on any atom is 0.337 e. The van der Waals surface area contributed by atoms with Crippen molar-refractivity contribution in [3.8, 4) is 0 Å². The van der Waals surface area contributed by atoms with Gasteiger partial charge in [0.05, 0.1) is 11.3 Å². The van der Waals surface area contributed by atoms with E-state index in [1.807, 2.05) is 6.07 Å². The van der Waals surface area contributed by atoms with Crippen molar-refractivity contribution in [2.45, 2.75) is 44.7 Å². The van der Waals surface area contributed by atoms with Gasteiger partial charge < -0.3 is 5.11 Å². The molecule has 1 aromatic heterocycles. The zero-order valence-corrected chi connectivity index (χ0v) is 10.8. The van der Waals surface area contributed by atoms with Crippen molar-refractivity contribution in [2.75, 3.05) is 7.05 Å². The summed E-state index contributed by atoms with van der Waals surface area (Å²) < 4.78 is 0. The van der Waals surface area contributed by atoms with Gasteiger partial charge in [-0.15, -0.1) is 0 Å². The SMILES string of the molecule is CN(Cc1ccc(C(=O)O)cn1)C1CCCCC1.